The summed E-state index contributed by atoms with van der Waals surface area (Å²) in [5.41, 5.74) is 0. The fourth-order valence-corrected chi connectivity index (χ4v) is 1.04. The van der Waals surface area contributed by atoms with Gasteiger partial charge in [0.1, 0.15) is 6.17 Å². The summed E-state index contributed by atoms with van der Waals surface area (Å²) in [5.74, 6) is -0.240. The highest BCUT2D eigenvalue weighted by atomic mass is 32.1. The van der Waals surface area contributed by atoms with E-state index in [4.69, 9.17) is 12.2 Å². The van der Waals surface area contributed by atoms with Crippen molar-refractivity contribution in [2.24, 2.45) is 0 Å². The lowest BCUT2D eigenvalue weighted by Gasteiger charge is -2.27. The number of halogens is 1. The molecule has 0 heterocycles. The minimum Gasteiger partial charge on any atom is -0.346 e. The minimum atomic E-state index is -0.989. The highest BCUT2D eigenvalue weighted by Crippen LogP contribution is 2.05. The molecule has 3 nitrogen and oxygen atoms in total. The molecule has 0 aliphatic heterocycles. The fraction of sp³-hybridized carbons (Fsp3) is 0.750. The highest BCUT2D eigenvalue weighted by molar-refractivity contribution is 7.80. The van der Waals surface area contributed by atoms with Gasteiger partial charge in [-0.1, -0.05) is 0 Å². The maximum Gasteiger partial charge on any atom is 0.222 e. The second-order valence-corrected chi connectivity index (χ2v) is 3.40. The van der Waals surface area contributed by atoms with Gasteiger partial charge in [-0.25, -0.2) is 4.39 Å². The van der Waals surface area contributed by atoms with Crippen molar-refractivity contribution in [3.63, 3.8) is 0 Å². The van der Waals surface area contributed by atoms with Gasteiger partial charge in [-0.3, -0.25) is 4.79 Å². The molecule has 0 aromatic rings. The molecule has 2 atom stereocenters. The molecule has 1 amide bonds. The van der Waals surface area contributed by atoms with Crippen LogP contribution >= 0.6 is 12.2 Å². The third kappa shape index (κ3) is 4.17. The van der Waals surface area contributed by atoms with E-state index in [9.17, 15) is 9.18 Å². The second-order valence-electron chi connectivity index (χ2n) is 3.02. The lowest BCUT2D eigenvalue weighted by Crippen LogP contribution is -2.46. The molecule has 76 valence electrons. The van der Waals surface area contributed by atoms with Gasteiger partial charge in [0.25, 0.3) is 0 Å². The molecule has 0 aromatic heterocycles. The van der Waals surface area contributed by atoms with Crippen molar-refractivity contribution < 1.29 is 9.18 Å². The Morgan fingerprint density at radius 2 is 2.00 bits per heavy atom. The summed E-state index contributed by atoms with van der Waals surface area (Å²) in [5, 5.41) is 2.68. The van der Waals surface area contributed by atoms with Gasteiger partial charge < -0.3 is 10.2 Å². The molecule has 0 fully saturated rings. The zero-order valence-electron chi connectivity index (χ0n) is 8.30. The third-order valence-corrected chi connectivity index (χ3v) is 2.27. The molecule has 13 heavy (non-hydrogen) atoms. The van der Waals surface area contributed by atoms with E-state index in [0.717, 1.165) is 0 Å². The van der Waals surface area contributed by atoms with Gasteiger partial charge in [-0.2, -0.15) is 0 Å². The largest absolute Gasteiger partial charge is 0.346 e. The van der Waals surface area contributed by atoms with E-state index in [2.05, 4.69) is 5.32 Å². The van der Waals surface area contributed by atoms with Crippen LogP contribution in [0.15, 0.2) is 0 Å². The summed E-state index contributed by atoms with van der Waals surface area (Å²) in [6.07, 6.45) is -0.989. The highest BCUT2D eigenvalue weighted by Gasteiger charge is 2.18. The molecule has 0 spiro atoms. The minimum absolute atomic E-state index is 0.240. The SMILES string of the molecule is CC(=O)NC(=S)N(C)C(C)C(C)F. The standard InChI is InChI=1S/C8H15FN2OS/c1-5(9)6(2)11(4)8(13)10-7(3)12/h5-6H,1-4H3,(H,10,12,13). The van der Waals surface area contributed by atoms with Crippen LogP contribution in [0, 0.1) is 0 Å². The first-order valence-corrected chi connectivity index (χ1v) is 4.45. The number of hydrogen-bond acceptors (Lipinski definition) is 2. The van der Waals surface area contributed by atoms with Crippen molar-refractivity contribution in [1.82, 2.24) is 10.2 Å². The van der Waals surface area contributed by atoms with E-state index in [1.54, 1.807) is 14.0 Å². The fourth-order valence-electron chi connectivity index (χ4n) is 0.732. The summed E-state index contributed by atoms with van der Waals surface area (Å²) < 4.78 is 12.8. The van der Waals surface area contributed by atoms with Crippen molar-refractivity contribution in [2.45, 2.75) is 33.0 Å². The smallest absolute Gasteiger partial charge is 0.222 e. The summed E-state index contributed by atoms with van der Waals surface area (Å²) in [6.45, 7) is 4.53. The van der Waals surface area contributed by atoms with E-state index in [-0.39, 0.29) is 17.1 Å². The Morgan fingerprint density at radius 3 is 2.31 bits per heavy atom. The quantitative estimate of drug-likeness (QED) is 0.686. The molecule has 0 saturated carbocycles. The Morgan fingerprint density at radius 1 is 1.54 bits per heavy atom. The van der Waals surface area contributed by atoms with Gasteiger partial charge in [-0.15, -0.1) is 0 Å². The van der Waals surface area contributed by atoms with Crippen LogP contribution in [-0.2, 0) is 4.79 Å². The van der Waals surface area contributed by atoms with Crippen LogP contribution in [0.5, 0.6) is 0 Å². The number of nitrogens with one attached hydrogen (secondary N) is 1. The van der Waals surface area contributed by atoms with Gasteiger partial charge in [0.15, 0.2) is 5.11 Å². The number of nitrogens with zero attached hydrogens (tertiary/aromatic N) is 1. The summed E-state index contributed by atoms with van der Waals surface area (Å²) in [4.78, 5) is 12.2. The second kappa shape index (κ2) is 5.11. The van der Waals surface area contributed by atoms with Gasteiger partial charge in [0.05, 0.1) is 6.04 Å². The number of amides is 1. The molecule has 1 N–H and O–H groups in total. The van der Waals surface area contributed by atoms with E-state index in [1.807, 2.05) is 0 Å². The third-order valence-electron chi connectivity index (χ3n) is 1.88. The normalized spacial score (nSPS) is 14.5. The van der Waals surface area contributed by atoms with E-state index < -0.39 is 6.17 Å². The average molecular weight is 206 g/mol. The first-order valence-electron chi connectivity index (χ1n) is 4.04. The maximum absolute atomic E-state index is 12.8. The van der Waals surface area contributed by atoms with E-state index in [1.165, 1.54) is 18.7 Å². The Balaban J connectivity index is 4.17. The lowest BCUT2D eigenvalue weighted by atomic mass is 10.2. The van der Waals surface area contributed by atoms with Crippen LogP contribution in [0.1, 0.15) is 20.8 Å². The zero-order valence-corrected chi connectivity index (χ0v) is 9.11. The predicted molar refractivity (Wildman–Crippen MR) is 54.2 cm³/mol. The molecule has 0 bridgehead atoms. The Bertz CT molecular complexity index is 208. The zero-order chi connectivity index (χ0) is 10.6. The van der Waals surface area contributed by atoms with Crippen LogP contribution < -0.4 is 5.32 Å². The molecule has 5 heteroatoms. The van der Waals surface area contributed by atoms with Crippen LogP contribution in [0.25, 0.3) is 0 Å². The van der Waals surface area contributed by atoms with Crippen LogP contribution in [0.3, 0.4) is 0 Å². The number of hydrogen-bond donors (Lipinski definition) is 1. The molecule has 2 unspecified atom stereocenters. The number of alkyl halides is 1. The van der Waals surface area contributed by atoms with Gasteiger partial charge in [-0.05, 0) is 26.1 Å². The molecule has 0 saturated heterocycles. The van der Waals surface area contributed by atoms with Crippen molar-refractivity contribution in [3.8, 4) is 0 Å². The number of rotatable bonds is 2. The molecule has 0 rings (SSSR count). The van der Waals surface area contributed by atoms with Gasteiger partial charge >= 0.3 is 0 Å². The molecule has 0 aliphatic carbocycles. The van der Waals surface area contributed by atoms with Crippen molar-refractivity contribution in [3.05, 3.63) is 0 Å². The Kier molecular flexibility index (Phi) is 4.83. The number of carbonyl (C=O) groups excluding carboxylic acids is 1. The van der Waals surface area contributed by atoms with Crippen LogP contribution in [0.2, 0.25) is 0 Å². The Hall–Kier alpha value is -0.710. The molecular weight excluding hydrogens is 191 g/mol. The average Bonchev–Trinajstić information content (AvgIpc) is 2.00. The van der Waals surface area contributed by atoms with Crippen molar-refractivity contribution in [2.75, 3.05) is 7.05 Å². The van der Waals surface area contributed by atoms with E-state index in [0.29, 0.717) is 0 Å². The van der Waals surface area contributed by atoms with Gasteiger partial charge in [0.2, 0.25) is 5.91 Å². The Labute approximate surface area is 83.3 Å². The summed E-state index contributed by atoms with van der Waals surface area (Å²) in [7, 11) is 1.65. The van der Waals surface area contributed by atoms with Crippen molar-refractivity contribution in [1.29, 1.82) is 0 Å². The topological polar surface area (TPSA) is 32.3 Å². The van der Waals surface area contributed by atoms with E-state index >= 15 is 0 Å². The molecular formula is C8H15FN2OS. The molecule has 0 radical (unpaired) electrons. The lowest BCUT2D eigenvalue weighted by molar-refractivity contribution is -0.117. The summed E-state index contributed by atoms with van der Waals surface area (Å²) >= 11 is 4.88. The van der Waals surface area contributed by atoms with Gasteiger partial charge in [0, 0.05) is 14.0 Å². The maximum atomic E-state index is 12.8. The first kappa shape index (κ1) is 12.3. The predicted octanol–water partition coefficient (Wildman–Crippen LogP) is 1.09. The molecule has 0 aromatic carbocycles. The van der Waals surface area contributed by atoms with Crippen LogP contribution in [-0.4, -0.2) is 35.2 Å². The summed E-state index contributed by atoms with van der Waals surface area (Å²) in [6, 6.07) is -0.334. The first-order chi connectivity index (χ1) is 5.86. The monoisotopic (exact) mass is 206 g/mol. The molecule has 0 aliphatic rings. The van der Waals surface area contributed by atoms with Crippen molar-refractivity contribution >= 4 is 23.2 Å². The number of thiocarbonyl (C=S) groups is 1. The van der Waals surface area contributed by atoms with Crippen LogP contribution in [0.4, 0.5) is 4.39 Å². The number of carbonyl (C=O) groups is 1.